The molecule has 4 rings (SSSR count). The summed E-state index contributed by atoms with van der Waals surface area (Å²) in [5, 5.41) is 3.04. The molecule has 0 unspecified atom stereocenters. The lowest BCUT2D eigenvalue weighted by atomic mass is 9.95. The summed E-state index contributed by atoms with van der Waals surface area (Å²) in [5.41, 5.74) is 1.32. The van der Waals surface area contributed by atoms with E-state index in [1.807, 2.05) is 6.92 Å². The Labute approximate surface area is 247 Å². The third kappa shape index (κ3) is 7.47. The Bertz CT molecular complexity index is 1490. The monoisotopic (exact) mass is 595 g/mol. The van der Waals surface area contributed by atoms with E-state index in [9.17, 15) is 22.4 Å². The second-order valence-electron chi connectivity index (χ2n) is 10.7. The molecule has 3 aromatic carbocycles. The fourth-order valence-electron chi connectivity index (χ4n) is 5.09. The molecule has 3 aromatic rings. The van der Waals surface area contributed by atoms with Crippen LogP contribution in [0.15, 0.2) is 77.7 Å². The second-order valence-corrected chi connectivity index (χ2v) is 12.5. The van der Waals surface area contributed by atoms with Crippen LogP contribution in [0, 0.1) is 12.7 Å². The zero-order valence-electron chi connectivity index (χ0n) is 24.3. The van der Waals surface area contributed by atoms with Crippen LogP contribution in [0.25, 0.3) is 0 Å². The molecule has 0 bridgehead atoms. The number of amides is 2. The number of anilines is 1. The van der Waals surface area contributed by atoms with E-state index in [1.54, 1.807) is 55.5 Å². The Hall–Kier alpha value is -3.92. The standard InChI is InChI=1S/C32H38FN3O5S/c1-23-16-18-29(19-17-23)42(39,40)36(27-13-9-14-28(20-27)41-3)22-31(37)35(21-25-10-7-8-15-30(25)33)24(2)32(38)34-26-11-5-4-6-12-26/h7-10,13-20,24,26H,4-6,11-12,21-22H2,1-3H3,(H,34,38)/t24-/m0/s1. The van der Waals surface area contributed by atoms with Crippen molar-refractivity contribution >= 4 is 27.5 Å². The van der Waals surface area contributed by atoms with Gasteiger partial charge in [0.05, 0.1) is 17.7 Å². The van der Waals surface area contributed by atoms with Crippen molar-refractivity contribution in [1.29, 1.82) is 0 Å². The summed E-state index contributed by atoms with van der Waals surface area (Å²) in [6.07, 6.45) is 4.87. The number of hydrogen-bond donors (Lipinski definition) is 1. The highest BCUT2D eigenvalue weighted by Gasteiger charge is 2.33. The van der Waals surface area contributed by atoms with Crippen LogP contribution in [-0.2, 0) is 26.2 Å². The molecule has 42 heavy (non-hydrogen) atoms. The summed E-state index contributed by atoms with van der Waals surface area (Å²) in [6, 6.07) is 17.8. The average Bonchev–Trinajstić information content (AvgIpc) is 2.99. The number of carbonyl (C=O) groups is 2. The van der Waals surface area contributed by atoms with Crippen LogP contribution in [0.2, 0.25) is 0 Å². The highest BCUT2D eigenvalue weighted by atomic mass is 32.2. The van der Waals surface area contributed by atoms with Crippen molar-refractivity contribution in [3.63, 3.8) is 0 Å². The van der Waals surface area contributed by atoms with Crippen LogP contribution < -0.4 is 14.4 Å². The summed E-state index contributed by atoms with van der Waals surface area (Å²) >= 11 is 0. The summed E-state index contributed by atoms with van der Waals surface area (Å²) in [5.74, 6) is -1.12. The fraction of sp³-hybridized carbons (Fsp3) is 0.375. The molecule has 1 aliphatic rings. The number of ether oxygens (including phenoxy) is 1. The lowest BCUT2D eigenvalue weighted by Crippen LogP contribution is -2.53. The lowest BCUT2D eigenvalue weighted by molar-refractivity contribution is -0.139. The van der Waals surface area contributed by atoms with E-state index < -0.39 is 34.3 Å². The third-order valence-corrected chi connectivity index (χ3v) is 9.43. The van der Waals surface area contributed by atoms with E-state index in [1.165, 1.54) is 36.3 Å². The molecule has 10 heteroatoms. The van der Waals surface area contributed by atoms with Gasteiger partial charge in [-0.3, -0.25) is 13.9 Å². The lowest BCUT2D eigenvalue weighted by Gasteiger charge is -2.33. The van der Waals surface area contributed by atoms with Gasteiger partial charge in [-0.25, -0.2) is 12.8 Å². The number of carbonyl (C=O) groups excluding carboxylic acids is 2. The van der Waals surface area contributed by atoms with Crippen LogP contribution in [0.5, 0.6) is 5.75 Å². The summed E-state index contributed by atoms with van der Waals surface area (Å²) in [4.78, 5) is 28.7. The molecule has 1 N–H and O–H groups in total. The van der Waals surface area contributed by atoms with Gasteiger partial charge in [0, 0.05) is 24.2 Å². The second kappa shape index (κ2) is 13.8. The van der Waals surface area contributed by atoms with Crippen LogP contribution in [0.4, 0.5) is 10.1 Å². The van der Waals surface area contributed by atoms with Crippen molar-refractivity contribution in [2.24, 2.45) is 0 Å². The molecule has 8 nitrogen and oxygen atoms in total. The maximum Gasteiger partial charge on any atom is 0.264 e. The maximum atomic E-state index is 14.7. The predicted molar refractivity (Wildman–Crippen MR) is 160 cm³/mol. The Kier molecular flexibility index (Phi) is 10.2. The molecule has 224 valence electrons. The van der Waals surface area contributed by atoms with Crippen molar-refractivity contribution in [1.82, 2.24) is 10.2 Å². The van der Waals surface area contributed by atoms with Crippen molar-refractivity contribution in [3.8, 4) is 5.75 Å². The van der Waals surface area contributed by atoms with Crippen molar-refractivity contribution in [2.45, 2.75) is 69.5 Å². The van der Waals surface area contributed by atoms with Crippen LogP contribution >= 0.6 is 0 Å². The molecule has 1 saturated carbocycles. The first-order chi connectivity index (χ1) is 20.1. The van der Waals surface area contributed by atoms with Crippen LogP contribution in [0.1, 0.15) is 50.2 Å². The number of methoxy groups -OCH3 is 1. The van der Waals surface area contributed by atoms with E-state index in [2.05, 4.69) is 5.32 Å². The molecule has 0 saturated heterocycles. The Morgan fingerprint density at radius 3 is 2.36 bits per heavy atom. The van der Waals surface area contributed by atoms with Crippen LogP contribution in [0.3, 0.4) is 0 Å². The average molecular weight is 596 g/mol. The smallest absolute Gasteiger partial charge is 0.264 e. The van der Waals surface area contributed by atoms with Crippen molar-refractivity contribution < 1.29 is 27.1 Å². The van der Waals surface area contributed by atoms with Crippen molar-refractivity contribution in [2.75, 3.05) is 18.0 Å². The van der Waals surface area contributed by atoms with E-state index in [0.717, 1.165) is 42.0 Å². The number of hydrogen-bond acceptors (Lipinski definition) is 5. The summed E-state index contributed by atoms with van der Waals surface area (Å²) < 4.78 is 49.0. The predicted octanol–water partition coefficient (Wildman–Crippen LogP) is 5.20. The molecule has 0 aliphatic heterocycles. The summed E-state index contributed by atoms with van der Waals surface area (Å²) in [6.45, 7) is 2.61. The third-order valence-electron chi connectivity index (χ3n) is 7.65. The van der Waals surface area contributed by atoms with Gasteiger partial charge in [0.2, 0.25) is 11.8 Å². The van der Waals surface area contributed by atoms with E-state index in [0.29, 0.717) is 5.75 Å². The number of aryl methyl sites for hydroxylation is 1. The van der Waals surface area contributed by atoms with E-state index in [4.69, 9.17) is 4.74 Å². The first-order valence-electron chi connectivity index (χ1n) is 14.2. The van der Waals surface area contributed by atoms with Gasteiger partial charge in [-0.15, -0.1) is 0 Å². The molecule has 0 aromatic heterocycles. The topological polar surface area (TPSA) is 96.0 Å². The van der Waals surface area contributed by atoms with Gasteiger partial charge in [-0.05, 0) is 57.0 Å². The number of sulfonamides is 1. The Morgan fingerprint density at radius 2 is 1.69 bits per heavy atom. The number of rotatable bonds is 11. The minimum absolute atomic E-state index is 0.00691. The highest BCUT2D eigenvalue weighted by Crippen LogP contribution is 2.28. The quantitative estimate of drug-likeness (QED) is 0.329. The minimum Gasteiger partial charge on any atom is -0.497 e. The van der Waals surface area contributed by atoms with E-state index in [-0.39, 0.29) is 34.6 Å². The van der Waals surface area contributed by atoms with Gasteiger partial charge in [0.15, 0.2) is 0 Å². The number of halogens is 1. The van der Waals surface area contributed by atoms with Gasteiger partial charge in [-0.2, -0.15) is 0 Å². The normalized spacial score (nSPS) is 14.6. The molecule has 0 spiro atoms. The van der Waals surface area contributed by atoms with Gasteiger partial charge in [0.1, 0.15) is 24.2 Å². The Balaban J connectivity index is 1.70. The van der Waals surface area contributed by atoms with Gasteiger partial charge >= 0.3 is 0 Å². The molecule has 1 fully saturated rings. The van der Waals surface area contributed by atoms with Gasteiger partial charge in [-0.1, -0.05) is 61.2 Å². The number of nitrogens with zero attached hydrogens (tertiary/aromatic N) is 2. The van der Waals surface area contributed by atoms with Gasteiger partial charge < -0.3 is 15.0 Å². The SMILES string of the molecule is COc1cccc(N(CC(=O)N(Cc2ccccc2F)[C@@H](C)C(=O)NC2CCCCC2)S(=O)(=O)c2ccc(C)cc2)c1. The zero-order chi connectivity index (χ0) is 30.3. The molecular formula is C32H38FN3O5S. The Morgan fingerprint density at radius 1 is 1.00 bits per heavy atom. The molecule has 0 radical (unpaired) electrons. The molecular weight excluding hydrogens is 557 g/mol. The summed E-state index contributed by atoms with van der Waals surface area (Å²) in [7, 11) is -2.75. The zero-order valence-corrected chi connectivity index (χ0v) is 25.1. The molecule has 2 amide bonds. The largest absolute Gasteiger partial charge is 0.497 e. The molecule has 1 aliphatic carbocycles. The van der Waals surface area contributed by atoms with Crippen LogP contribution in [-0.4, -0.2) is 50.9 Å². The highest BCUT2D eigenvalue weighted by molar-refractivity contribution is 7.92. The first-order valence-corrected chi connectivity index (χ1v) is 15.6. The van der Waals surface area contributed by atoms with Gasteiger partial charge in [0.25, 0.3) is 10.0 Å². The fourth-order valence-corrected chi connectivity index (χ4v) is 6.50. The van der Waals surface area contributed by atoms with E-state index >= 15 is 0 Å². The first kappa shape index (κ1) is 31.0. The minimum atomic E-state index is -4.22. The maximum absolute atomic E-state index is 14.7. The number of benzene rings is 3. The number of nitrogens with one attached hydrogen (secondary N) is 1. The molecule has 1 atom stereocenters. The molecule has 0 heterocycles. The van der Waals surface area contributed by atoms with Crippen molar-refractivity contribution in [3.05, 3.63) is 89.7 Å².